The number of ether oxygens (including phenoxy) is 1. The van der Waals surface area contributed by atoms with Crippen molar-refractivity contribution in [3.05, 3.63) is 28.3 Å². The lowest BCUT2D eigenvalue weighted by Gasteiger charge is -2.17. The Bertz CT molecular complexity index is 434. The van der Waals surface area contributed by atoms with Crippen LogP contribution in [0.25, 0.3) is 0 Å². The SMILES string of the molecule is Cc1cc(O[C@@H](C)C(=O)NCC(C)C)cc(C)c1Cl. The Hall–Kier alpha value is -1.22. The summed E-state index contributed by atoms with van der Waals surface area (Å²) in [6.07, 6.45) is -0.515. The number of benzene rings is 1. The second kappa shape index (κ2) is 6.80. The van der Waals surface area contributed by atoms with Crippen molar-refractivity contribution in [2.75, 3.05) is 6.54 Å². The Morgan fingerprint density at radius 1 is 1.26 bits per heavy atom. The van der Waals surface area contributed by atoms with Crippen LogP contribution in [0, 0.1) is 19.8 Å². The molecule has 1 N–H and O–H groups in total. The number of rotatable bonds is 5. The smallest absolute Gasteiger partial charge is 0.260 e. The van der Waals surface area contributed by atoms with Crippen molar-refractivity contribution in [2.24, 2.45) is 5.92 Å². The van der Waals surface area contributed by atoms with Crippen LogP contribution in [0.2, 0.25) is 5.02 Å². The van der Waals surface area contributed by atoms with E-state index < -0.39 is 6.10 Å². The third-order valence-electron chi connectivity index (χ3n) is 2.78. The standard InChI is InChI=1S/C15H22ClNO2/c1-9(2)8-17-15(18)12(5)19-13-6-10(3)14(16)11(4)7-13/h6-7,9,12H,8H2,1-5H3,(H,17,18)/t12-/m0/s1. The highest BCUT2D eigenvalue weighted by molar-refractivity contribution is 6.32. The number of aryl methyl sites for hydroxylation is 2. The summed E-state index contributed by atoms with van der Waals surface area (Å²) in [6.45, 7) is 10.4. The molecule has 19 heavy (non-hydrogen) atoms. The van der Waals surface area contributed by atoms with Crippen molar-refractivity contribution in [1.82, 2.24) is 5.32 Å². The molecule has 1 aromatic rings. The lowest BCUT2D eigenvalue weighted by molar-refractivity contribution is -0.127. The van der Waals surface area contributed by atoms with E-state index in [0.29, 0.717) is 18.2 Å². The normalized spacial score (nSPS) is 12.4. The quantitative estimate of drug-likeness (QED) is 0.898. The molecule has 0 bridgehead atoms. The van der Waals surface area contributed by atoms with Gasteiger partial charge in [0.15, 0.2) is 6.10 Å². The molecule has 0 spiro atoms. The number of hydrogen-bond donors (Lipinski definition) is 1. The molecule has 1 aromatic carbocycles. The number of amides is 1. The molecule has 0 saturated heterocycles. The lowest BCUT2D eigenvalue weighted by Crippen LogP contribution is -2.38. The molecule has 0 aliphatic carbocycles. The summed E-state index contributed by atoms with van der Waals surface area (Å²) >= 11 is 6.10. The van der Waals surface area contributed by atoms with Gasteiger partial charge in [-0.25, -0.2) is 0 Å². The zero-order chi connectivity index (χ0) is 14.6. The van der Waals surface area contributed by atoms with Gasteiger partial charge in [0.2, 0.25) is 0 Å². The lowest BCUT2D eigenvalue weighted by atomic mass is 10.1. The molecule has 0 aliphatic rings. The Balaban J connectivity index is 2.66. The van der Waals surface area contributed by atoms with Gasteiger partial charge in [0.1, 0.15) is 5.75 Å². The number of halogens is 1. The maximum Gasteiger partial charge on any atom is 0.260 e. The number of carbonyl (C=O) groups excluding carboxylic acids is 1. The van der Waals surface area contributed by atoms with E-state index in [9.17, 15) is 4.79 Å². The molecule has 0 radical (unpaired) electrons. The van der Waals surface area contributed by atoms with Crippen LogP contribution in [-0.2, 0) is 4.79 Å². The Morgan fingerprint density at radius 3 is 2.26 bits per heavy atom. The molecule has 1 rings (SSSR count). The number of hydrogen-bond acceptors (Lipinski definition) is 2. The second-order valence-corrected chi connectivity index (χ2v) is 5.65. The third kappa shape index (κ3) is 4.75. The van der Waals surface area contributed by atoms with Gasteiger partial charge in [-0.1, -0.05) is 25.4 Å². The fourth-order valence-electron chi connectivity index (χ4n) is 1.68. The summed E-state index contributed by atoms with van der Waals surface area (Å²) < 4.78 is 5.65. The summed E-state index contributed by atoms with van der Waals surface area (Å²) in [4.78, 5) is 11.8. The number of carbonyl (C=O) groups is 1. The minimum Gasteiger partial charge on any atom is -0.481 e. The molecule has 0 aliphatic heterocycles. The van der Waals surface area contributed by atoms with Crippen LogP contribution in [0.3, 0.4) is 0 Å². The van der Waals surface area contributed by atoms with Crippen LogP contribution in [0.5, 0.6) is 5.75 Å². The van der Waals surface area contributed by atoms with E-state index in [-0.39, 0.29) is 5.91 Å². The highest BCUT2D eigenvalue weighted by Crippen LogP contribution is 2.26. The van der Waals surface area contributed by atoms with E-state index in [4.69, 9.17) is 16.3 Å². The predicted molar refractivity (Wildman–Crippen MR) is 78.9 cm³/mol. The van der Waals surface area contributed by atoms with Gasteiger partial charge in [-0.05, 0) is 49.9 Å². The monoisotopic (exact) mass is 283 g/mol. The molecule has 0 heterocycles. The largest absolute Gasteiger partial charge is 0.481 e. The summed E-state index contributed by atoms with van der Waals surface area (Å²) in [6, 6.07) is 3.70. The average molecular weight is 284 g/mol. The van der Waals surface area contributed by atoms with E-state index in [1.807, 2.05) is 26.0 Å². The average Bonchev–Trinajstić information content (AvgIpc) is 2.32. The molecule has 0 saturated carbocycles. The van der Waals surface area contributed by atoms with E-state index in [0.717, 1.165) is 16.1 Å². The van der Waals surface area contributed by atoms with E-state index >= 15 is 0 Å². The van der Waals surface area contributed by atoms with Gasteiger partial charge in [0.05, 0.1) is 0 Å². The molecule has 4 heteroatoms. The minimum absolute atomic E-state index is 0.0982. The first-order chi connectivity index (χ1) is 8.81. The summed E-state index contributed by atoms with van der Waals surface area (Å²) in [5.74, 6) is 1.00. The van der Waals surface area contributed by atoms with Gasteiger partial charge in [-0.15, -0.1) is 0 Å². The topological polar surface area (TPSA) is 38.3 Å². The number of nitrogens with one attached hydrogen (secondary N) is 1. The Morgan fingerprint density at radius 2 is 1.79 bits per heavy atom. The molecule has 3 nitrogen and oxygen atoms in total. The summed E-state index contributed by atoms with van der Waals surface area (Å²) in [5.41, 5.74) is 1.90. The van der Waals surface area contributed by atoms with E-state index in [1.165, 1.54) is 0 Å². The highest BCUT2D eigenvalue weighted by Gasteiger charge is 2.15. The van der Waals surface area contributed by atoms with Gasteiger partial charge >= 0.3 is 0 Å². The van der Waals surface area contributed by atoms with Crippen LogP contribution >= 0.6 is 11.6 Å². The minimum atomic E-state index is -0.515. The van der Waals surface area contributed by atoms with Crippen molar-refractivity contribution in [1.29, 1.82) is 0 Å². The molecule has 1 atom stereocenters. The van der Waals surface area contributed by atoms with Crippen LogP contribution in [0.4, 0.5) is 0 Å². The predicted octanol–water partition coefficient (Wildman–Crippen LogP) is 3.50. The fourth-order valence-corrected chi connectivity index (χ4v) is 1.79. The van der Waals surface area contributed by atoms with Crippen molar-refractivity contribution in [2.45, 2.75) is 40.7 Å². The van der Waals surface area contributed by atoms with Crippen LogP contribution in [0.1, 0.15) is 31.9 Å². The highest BCUT2D eigenvalue weighted by atomic mass is 35.5. The van der Waals surface area contributed by atoms with Crippen LogP contribution < -0.4 is 10.1 Å². The van der Waals surface area contributed by atoms with Gasteiger partial charge in [-0.2, -0.15) is 0 Å². The van der Waals surface area contributed by atoms with Crippen molar-refractivity contribution >= 4 is 17.5 Å². The summed E-state index contributed by atoms with van der Waals surface area (Å²) in [7, 11) is 0. The van der Waals surface area contributed by atoms with Crippen molar-refractivity contribution in [3.8, 4) is 5.75 Å². The van der Waals surface area contributed by atoms with Crippen molar-refractivity contribution < 1.29 is 9.53 Å². The van der Waals surface area contributed by atoms with E-state index in [2.05, 4.69) is 19.2 Å². The van der Waals surface area contributed by atoms with Gasteiger partial charge in [0.25, 0.3) is 5.91 Å². The molecule has 1 amide bonds. The fraction of sp³-hybridized carbons (Fsp3) is 0.533. The van der Waals surface area contributed by atoms with Gasteiger partial charge in [0, 0.05) is 11.6 Å². The first-order valence-electron chi connectivity index (χ1n) is 6.52. The maximum atomic E-state index is 11.8. The van der Waals surface area contributed by atoms with Gasteiger partial charge < -0.3 is 10.1 Å². The van der Waals surface area contributed by atoms with Gasteiger partial charge in [-0.3, -0.25) is 4.79 Å². The molecule has 0 aromatic heterocycles. The van der Waals surface area contributed by atoms with Crippen LogP contribution in [-0.4, -0.2) is 18.6 Å². The maximum absolute atomic E-state index is 11.8. The summed E-state index contributed by atoms with van der Waals surface area (Å²) in [5, 5.41) is 3.59. The zero-order valence-electron chi connectivity index (χ0n) is 12.2. The first-order valence-corrected chi connectivity index (χ1v) is 6.90. The molecule has 106 valence electrons. The Labute approximate surface area is 120 Å². The molecule has 0 unspecified atom stereocenters. The van der Waals surface area contributed by atoms with E-state index in [1.54, 1.807) is 6.92 Å². The Kier molecular flexibility index (Phi) is 5.67. The van der Waals surface area contributed by atoms with Crippen LogP contribution in [0.15, 0.2) is 12.1 Å². The van der Waals surface area contributed by atoms with Crippen molar-refractivity contribution in [3.63, 3.8) is 0 Å². The third-order valence-corrected chi connectivity index (χ3v) is 3.37. The molecule has 0 fully saturated rings. The first kappa shape index (κ1) is 15.8. The molecular formula is C15H22ClNO2. The zero-order valence-corrected chi connectivity index (χ0v) is 13.0. The second-order valence-electron chi connectivity index (χ2n) is 5.27. The molecular weight excluding hydrogens is 262 g/mol.